The van der Waals surface area contributed by atoms with Gasteiger partial charge in [-0.15, -0.1) is 0 Å². The molecule has 0 aliphatic heterocycles. The van der Waals surface area contributed by atoms with Crippen molar-refractivity contribution < 1.29 is 46.9 Å². The molecule has 0 unspecified atom stereocenters. The zero-order chi connectivity index (χ0) is 35.1. The number of nitrogens with zero attached hydrogens (tertiary/aromatic N) is 1. The number of carbonyl (C=O) groups is 4. The van der Waals surface area contributed by atoms with E-state index >= 15 is 0 Å². The smallest absolute Gasteiger partial charge is 0.416 e. The van der Waals surface area contributed by atoms with Crippen LogP contribution < -0.4 is 14.8 Å². The van der Waals surface area contributed by atoms with Crippen molar-refractivity contribution in [1.82, 2.24) is 4.90 Å². The van der Waals surface area contributed by atoms with E-state index in [2.05, 4.69) is 5.32 Å². The standard InChI is InChI=1S/C37H29F3N2O7/c1-48-31-17-12-27(32(20-31)37(38,39)40)19-33(43)41-29-13-10-25(11-14-29)35(46)42(22-34(44)45)21-23-6-15-30(16-7-23)49-36(47)28-9-8-24-4-2-3-5-26(24)18-28/h2-18,20H,19,21-22H2,1H3,(H,41,43)(H,44,45). The summed E-state index contributed by atoms with van der Waals surface area (Å²) in [5.74, 6) is -2.85. The van der Waals surface area contributed by atoms with E-state index in [9.17, 15) is 37.5 Å². The highest BCUT2D eigenvalue weighted by atomic mass is 19.4. The summed E-state index contributed by atoms with van der Waals surface area (Å²) in [6, 6.07) is 28.0. The highest BCUT2D eigenvalue weighted by molar-refractivity contribution is 5.98. The number of hydrogen-bond acceptors (Lipinski definition) is 6. The highest BCUT2D eigenvalue weighted by Crippen LogP contribution is 2.35. The SMILES string of the molecule is COc1ccc(CC(=O)Nc2ccc(C(=O)N(CC(=O)O)Cc3ccc(OC(=O)c4ccc5ccccc5c4)cc3)cc2)c(C(F)(F)F)c1. The van der Waals surface area contributed by atoms with E-state index in [1.165, 1.54) is 43.5 Å². The van der Waals surface area contributed by atoms with Crippen LogP contribution >= 0.6 is 0 Å². The molecule has 2 N–H and O–H groups in total. The fourth-order valence-corrected chi connectivity index (χ4v) is 5.09. The third kappa shape index (κ3) is 8.80. The number of nitrogens with one attached hydrogen (secondary N) is 1. The van der Waals surface area contributed by atoms with E-state index in [4.69, 9.17) is 9.47 Å². The van der Waals surface area contributed by atoms with Gasteiger partial charge in [-0.25, -0.2) is 4.79 Å². The third-order valence-electron chi connectivity index (χ3n) is 7.49. The fourth-order valence-electron chi connectivity index (χ4n) is 5.09. The molecular formula is C37H29F3N2O7. The number of hydrogen-bond donors (Lipinski definition) is 2. The lowest BCUT2D eigenvalue weighted by Crippen LogP contribution is -2.35. The molecule has 0 radical (unpaired) electrons. The number of benzene rings is 5. The average Bonchev–Trinajstić information content (AvgIpc) is 3.08. The summed E-state index contributed by atoms with van der Waals surface area (Å²) in [6.07, 6.45) is -5.26. The Hall–Kier alpha value is -6.17. The molecular weight excluding hydrogens is 641 g/mol. The van der Waals surface area contributed by atoms with Crippen LogP contribution in [0.2, 0.25) is 0 Å². The van der Waals surface area contributed by atoms with Crippen LogP contribution in [0.5, 0.6) is 11.5 Å². The molecule has 0 saturated carbocycles. The van der Waals surface area contributed by atoms with Gasteiger partial charge in [-0.05, 0) is 82.6 Å². The zero-order valence-electron chi connectivity index (χ0n) is 26.0. The number of rotatable bonds is 11. The number of alkyl halides is 3. The number of methoxy groups -OCH3 is 1. The van der Waals surface area contributed by atoms with Gasteiger partial charge >= 0.3 is 18.1 Å². The van der Waals surface area contributed by atoms with Crippen molar-refractivity contribution in [1.29, 1.82) is 0 Å². The van der Waals surface area contributed by atoms with Crippen LogP contribution in [0.3, 0.4) is 0 Å². The molecule has 12 heteroatoms. The first-order valence-electron chi connectivity index (χ1n) is 14.8. The lowest BCUT2D eigenvalue weighted by molar-refractivity contribution is -0.139. The van der Waals surface area contributed by atoms with E-state index in [1.807, 2.05) is 30.3 Å². The molecule has 49 heavy (non-hydrogen) atoms. The van der Waals surface area contributed by atoms with Crippen molar-refractivity contribution in [3.05, 3.63) is 137 Å². The quantitative estimate of drug-likeness (QED) is 0.115. The third-order valence-corrected chi connectivity index (χ3v) is 7.49. The van der Waals surface area contributed by atoms with Gasteiger partial charge in [0.1, 0.15) is 18.0 Å². The summed E-state index contributed by atoms with van der Waals surface area (Å²) >= 11 is 0. The maximum atomic E-state index is 13.5. The molecule has 5 aromatic rings. The van der Waals surface area contributed by atoms with Gasteiger partial charge in [0.05, 0.1) is 24.7 Å². The van der Waals surface area contributed by atoms with Crippen LogP contribution in [0, 0.1) is 0 Å². The molecule has 0 atom stereocenters. The Morgan fingerprint density at radius 1 is 0.776 bits per heavy atom. The lowest BCUT2D eigenvalue weighted by atomic mass is 10.0. The van der Waals surface area contributed by atoms with E-state index < -0.39 is 48.5 Å². The van der Waals surface area contributed by atoms with E-state index in [-0.39, 0.29) is 34.9 Å². The van der Waals surface area contributed by atoms with Crippen molar-refractivity contribution in [2.24, 2.45) is 0 Å². The Kier molecular flexibility index (Phi) is 10.3. The number of halogens is 3. The van der Waals surface area contributed by atoms with Gasteiger partial charge in [-0.3, -0.25) is 14.4 Å². The predicted molar refractivity (Wildman–Crippen MR) is 174 cm³/mol. The number of aliphatic carboxylic acids is 1. The number of carboxylic acids is 1. The second-order valence-electron chi connectivity index (χ2n) is 11.0. The number of esters is 1. The van der Waals surface area contributed by atoms with Crippen LogP contribution in [0.25, 0.3) is 10.8 Å². The molecule has 0 saturated heterocycles. The lowest BCUT2D eigenvalue weighted by Gasteiger charge is -2.21. The number of fused-ring (bicyclic) bond motifs is 1. The molecule has 5 rings (SSSR count). The minimum Gasteiger partial charge on any atom is -0.497 e. The number of carboxylic acid groups (broad SMARTS) is 1. The van der Waals surface area contributed by atoms with Crippen LogP contribution in [0.1, 0.15) is 37.4 Å². The van der Waals surface area contributed by atoms with E-state index in [1.54, 1.807) is 36.4 Å². The topological polar surface area (TPSA) is 122 Å². The first-order valence-corrected chi connectivity index (χ1v) is 14.8. The minimum absolute atomic E-state index is 0.00373. The zero-order valence-corrected chi connectivity index (χ0v) is 26.0. The largest absolute Gasteiger partial charge is 0.497 e. The van der Waals surface area contributed by atoms with Gasteiger partial charge in [0.15, 0.2) is 0 Å². The summed E-state index contributed by atoms with van der Waals surface area (Å²) in [7, 11) is 1.24. The highest BCUT2D eigenvalue weighted by Gasteiger charge is 2.34. The molecule has 0 bridgehead atoms. The number of carbonyl (C=O) groups excluding carboxylic acids is 3. The second-order valence-corrected chi connectivity index (χ2v) is 11.0. The maximum Gasteiger partial charge on any atom is 0.416 e. The van der Waals surface area contributed by atoms with Crippen LogP contribution in [0.15, 0.2) is 109 Å². The minimum atomic E-state index is -4.69. The van der Waals surface area contributed by atoms with Gasteiger partial charge in [0.25, 0.3) is 5.91 Å². The number of ether oxygens (including phenoxy) is 2. The van der Waals surface area contributed by atoms with Crippen LogP contribution in [-0.2, 0) is 28.7 Å². The van der Waals surface area contributed by atoms with Gasteiger partial charge in [-0.2, -0.15) is 13.2 Å². The molecule has 0 spiro atoms. The van der Waals surface area contributed by atoms with Gasteiger partial charge in [-0.1, -0.05) is 48.5 Å². The normalized spacial score (nSPS) is 11.1. The fraction of sp³-hybridized carbons (Fsp3) is 0.135. The van der Waals surface area contributed by atoms with Gasteiger partial charge in [0.2, 0.25) is 5.91 Å². The van der Waals surface area contributed by atoms with Gasteiger partial charge in [0, 0.05) is 17.8 Å². The number of amides is 2. The summed E-state index contributed by atoms with van der Waals surface area (Å²) in [5.41, 5.74) is 0.0632. The second kappa shape index (κ2) is 14.7. The van der Waals surface area contributed by atoms with Crippen molar-refractivity contribution in [2.45, 2.75) is 19.1 Å². The Morgan fingerprint density at radius 2 is 1.43 bits per heavy atom. The summed E-state index contributed by atoms with van der Waals surface area (Å²) in [6.45, 7) is -0.689. The molecule has 0 aliphatic rings. The summed E-state index contributed by atoms with van der Waals surface area (Å²) in [4.78, 5) is 51.3. The first kappa shape index (κ1) is 34.2. The molecule has 0 fully saturated rings. The molecule has 0 aromatic heterocycles. The van der Waals surface area contributed by atoms with Crippen molar-refractivity contribution in [2.75, 3.05) is 19.0 Å². The Balaban J connectivity index is 1.21. The van der Waals surface area contributed by atoms with E-state index in [0.717, 1.165) is 21.7 Å². The van der Waals surface area contributed by atoms with Crippen molar-refractivity contribution in [3.8, 4) is 11.5 Å². The van der Waals surface area contributed by atoms with E-state index in [0.29, 0.717) is 11.1 Å². The summed E-state index contributed by atoms with van der Waals surface area (Å²) < 4.78 is 50.9. The number of anilines is 1. The van der Waals surface area contributed by atoms with Crippen molar-refractivity contribution >= 4 is 40.2 Å². The molecule has 0 heterocycles. The van der Waals surface area contributed by atoms with Crippen molar-refractivity contribution in [3.63, 3.8) is 0 Å². The average molecular weight is 671 g/mol. The summed E-state index contributed by atoms with van der Waals surface area (Å²) in [5, 5.41) is 13.8. The predicted octanol–water partition coefficient (Wildman–Crippen LogP) is 6.99. The first-order chi connectivity index (χ1) is 23.4. The Bertz CT molecular complexity index is 2010. The van der Waals surface area contributed by atoms with Gasteiger partial charge < -0.3 is 24.8 Å². The molecule has 2 amide bonds. The maximum absolute atomic E-state index is 13.5. The molecule has 250 valence electrons. The Morgan fingerprint density at radius 3 is 2.08 bits per heavy atom. The monoisotopic (exact) mass is 670 g/mol. The van der Waals surface area contributed by atoms with Crippen LogP contribution in [-0.4, -0.2) is 47.4 Å². The Labute approximate surface area is 278 Å². The molecule has 9 nitrogen and oxygen atoms in total. The molecule has 5 aromatic carbocycles. The van der Waals surface area contributed by atoms with Crippen LogP contribution in [0.4, 0.5) is 18.9 Å². The molecule has 0 aliphatic carbocycles.